The molecular weight excluding hydrogens is 144 g/mol. The van der Waals surface area contributed by atoms with Gasteiger partial charge in [0.25, 0.3) is 0 Å². The highest BCUT2D eigenvalue weighted by atomic mass is 16.4. The van der Waals surface area contributed by atoms with E-state index in [1.807, 2.05) is 13.8 Å². The molecule has 0 aromatic carbocycles. The number of oxime groups is 1. The summed E-state index contributed by atoms with van der Waals surface area (Å²) in [4.78, 5) is 0. The maximum atomic E-state index is 8.32. The van der Waals surface area contributed by atoms with Gasteiger partial charge in [-0.1, -0.05) is 5.16 Å². The lowest BCUT2D eigenvalue weighted by Gasteiger charge is -2.18. The summed E-state index contributed by atoms with van der Waals surface area (Å²) >= 11 is 0. The molecular formula is C6H10N4O. The molecule has 0 unspecified atom stereocenters. The van der Waals surface area contributed by atoms with Crippen molar-refractivity contribution in [2.24, 2.45) is 5.16 Å². The van der Waals surface area contributed by atoms with E-state index in [-0.39, 0.29) is 5.54 Å². The zero-order valence-corrected chi connectivity index (χ0v) is 6.47. The zero-order valence-electron chi connectivity index (χ0n) is 6.47. The fourth-order valence-electron chi connectivity index (χ4n) is 0.706. The van der Waals surface area contributed by atoms with Crippen LogP contribution >= 0.6 is 0 Å². The second-order valence-electron chi connectivity index (χ2n) is 2.77. The molecule has 0 saturated heterocycles. The predicted molar refractivity (Wildman–Crippen MR) is 39.6 cm³/mol. The number of aromatic nitrogens is 3. The van der Waals surface area contributed by atoms with Crippen molar-refractivity contribution in [3.05, 3.63) is 12.7 Å². The molecule has 0 atom stereocenters. The predicted octanol–water partition coefficient (Wildman–Crippen LogP) is 0.473. The number of nitrogens with zero attached hydrogens (tertiary/aromatic N) is 4. The van der Waals surface area contributed by atoms with E-state index in [1.54, 1.807) is 17.2 Å². The van der Waals surface area contributed by atoms with Crippen molar-refractivity contribution in [2.45, 2.75) is 19.4 Å². The van der Waals surface area contributed by atoms with E-state index < -0.39 is 0 Å². The van der Waals surface area contributed by atoms with Gasteiger partial charge in [0.2, 0.25) is 0 Å². The highest BCUT2D eigenvalue weighted by Gasteiger charge is 2.16. The molecule has 0 aliphatic carbocycles. The van der Waals surface area contributed by atoms with E-state index >= 15 is 0 Å². The van der Waals surface area contributed by atoms with Gasteiger partial charge in [-0.2, -0.15) is 0 Å². The molecule has 0 amide bonds. The lowest BCUT2D eigenvalue weighted by Crippen LogP contribution is -2.26. The lowest BCUT2D eigenvalue weighted by atomic mass is 10.1. The molecule has 11 heavy (non-hydrogen) atoms. The van der Waals surface area contributed by atoms with Gasteiger partial charge >= 0.3 is 0 Å². The summed E-state index contributed by atoms with van der Waals surface area (Å²) in [6.07, 6.45) is 4.56. The fourth-order valence-corrected chi connectivity index (χ4v) is 0.706. The van der Waals surface area contributed by atoms with Crippen LogP contribution in [0.25, 0.3) is 0 Å². The summed E-state index contributed by atoms with van der Waals surface area (Å²) in [6.45, 7) is 3.77. The molecule has 0 bridgehead atoms. The maximum absolute atomic E-state index is 8.32. The minimum atomic E-state index is -0.377. The standard InChI is InChI=1S/C6H10N4O/c1-6(2,3-9-11)10-4-7-8-5-10/h3-5,11H,1-2H3/b9-3+. The number of hydrogen-bond acceptors (Lipinski definition) is 4. The van der Waals surface area contributed by atoms with Crippen molar-refractivity contribution in [3.63, 3.8) is 0 Å². The van der Waals surface area contributed by atoms with Gasteiger partial charge in [0.1, 0.15) is 12.7 Å². The van der Waals surface area contributed by atoms with Crippen molar-refractivity contribution in [1.29, 1.82) is 0 Å². The first kappa shape index (κ1) is 7.71. The molecule has 60 valence electrons. The van der Waals surface area contributed by atoms with Gasteiger partial charge in [-0.25, -0.2) is 0 Å². The molecule has 5 nitrogen and oxygen atoms in total. The van der Waals surface area contributed by atoms with Crippen LogP contribution in [0.2, 0.25) is 0 Å². The Hall–Kier alpha value is -1.39. The monoisotopic (exact) mass is 154 g/mol. The largest absolute Gasteiger partial charge is 0.411 e. The van der Waals surface area contributed by atoms with Crippen LogP contribution in [0.1, 0.15) is 13.8 Å². The number of hydrogen-bond donors (Lipinski definition) is 1. The lowest BCUT2D eigenvalue weighted by molar-refractivity contribution is 0.313. The average molecular weight is 154 g/mol. The van der Waals surface area contributed by atoms with Crippen molar-refractivity contribution < 1.29 is 5.21 Å². The Balaban J connectivity index is 2.90. The van der Waals surface area contributed by atoms with Gasteiger partial charge < -0.3 is 9.77 Å². The molecule has 0 aliphatic heterocycles. The van der Waals surface area contributed by atoms with E-state index in [2.05, 4.69) is 15.4 Å². The third-order valence-corrected chi connectivity index (χ3v) is 1.46. The van der Waals surface area contributed by atoms with E-state index in [0.29, 0.717) is 0 Å². The third-order valence-electron chi connectivity index (χ3n) is 1.46. The Morgan fingerprint density at radius 3 is 2.45 bits per heavy atom. The molecule has 1 rings (SSSR count). The quantitative estimate of drug-likeness (QED) is 0.382. The Labute approximate surface area is 64.4 Å². The third kappa shape index (κ3) is 1.54. The van der Waals surface area contributed by atoms with E-state index in [9.17, 15) is 0 Å². The molecule has 0 saturated carbocycles. The van der Waals surface area contributed by atoms with Crippen molar-refractivity contribution in [3.8, 4) is 0 Å². The first-order valence-electron chi connectivity index (χ1n) is 3.20. The van der Waals surface area contributed by atoms with E-state index in [0.717, 1.165) is 0 Å². The average Bonchev–Trinajstić information content (AvgIpc) is 2.37. The highest BCUT2D eigenvalue weighted by Crippen LogP contribution is 2.09. The Morgan fingerprint density at radius 2 is 2.00 bits per heavy atom. The normalized spacial score (nSPS) is 12.5. The molecule has 0 fully saturated rings. The molecule has 5 heteroatoms. The highest BCUT2D eigenvalue weighted by molar-refractivity contribution is 5.65. The van der Waals surface area contributed by atoms with Crippen molar-refractivity contribution >= 4 is 6.21 Å². The second kappa shape index (κ2) is 2.69. The fraction of sp³-hybridized carbons (Fsp3) is 0.500. The molecule has 1 N–H and O–H groups in total. The van der Waals surface area contributed by atoms with E-state index in [4.69, 9.17) is 5.21 Å². The summed E-state index contributed by atoms with van der Waals surface area (Å²) in [5.74, 6) is 0. The van der Waals surface area contributed by atoms with Gasteiger partial charge in [-0.05, 0) is 13.8 Å². The van der Waals surface area contributed by atoms with Crippen LogP contribution in [0.4, 0.5) is 0 Å². The minimum Gasteiger partial charge on any atom is -0.411 e. The molecule has 0 spiro atoms. The van der Waals surface area contributed by atoms with Crippen LogP contribution in [0.15, 0.2) is 17.8 Å². The topological polar surface area (TPSA) is 63.3 Å². The van der Waals surface area contributed by atoms with E-state index in [1.165, 1.54) is 6.21 Å². The van der Waals surface area contributed by atoms with Crippen LogP contribution in [0.3, 0.4) is 0 Å². The maximum Gasteiger partial charge on any atom is 0.120 e. The van der Waals surface area contributed by atoms with Gasteiger partial charge in [-0.15, -0.1) is 10.2 Å². The van der Waals surface area contributed by atoms with Gasteiger partial charge in [0, 0.05) is 0 Å². The molecule has 1 aromatic heterocycles. The Bertz CT molecular complexity index is 239. The summed E-state index contributed by atoms with van der Waals surface area (Å²) < 4.78 is 1.74. The molecule has 0 aliphatic rings. The van der Waals surface area contributed by atoms with Gasteiger partial charge in [0.15, 0.2) is 0 Å². The molecule has 0 radical (unpaired) electrons. The summed E-state index contributed by atoms with van der Waals surface area (Å²) in [7, 11) is 0. The van der Waals surface area contributed by atoms with Crippen LogP contribution in [-0.4, -0.2) is 26.2 Å². The minimum absolute atomic E-state index is 0.377. The van der Waals surface area contributed by atoms with Crippen molar-refractivity contribution in [2.75, 3.05) is 0 Å². The van der Waals surface area contributed by atoms with Gasteiger partial charge in [-0.3, -0.25) is 0 Å². The SMILES string of the molecule is CC(C)(/C=N/O)n1cnnc1. The van der Waals surface area contributed by atoms with Gasteiger partial charge in [0.05, 0.1) is 11.8 Å². The van der Waals surface area contributed by atoms with Crippen LogP contribution in [0.5, 0.6) is 0 Å². The van der Waals surface area contributed by atoms with Crippen LogP contribution in [-0.2, 0) is 5.54 Å². The first-order chi connectivity index (χ1) is 5.17. The summed E-state index contributed by atoms with van der Waals surface area (Å²) in [5, 5.41) is 18.6. The van der Waals surface area contributed by atoms with Crippen molar-refractivity contribution in [1.82, 2.24) is 14.8 Å². The summed E-state index contributed by atoms with van der Waals surface area (Å²) in [5.41, 5.74) is -0.377. The smallest absolute Gasteiger partial charge is 0.120 e. The Kier molecular flexibility index (Phi) is 1.89. The van der Waals surface area contributed by atoms with Crippen LogP contribution < -0.4 is 0 Å². The summed E-state index contributed by atoms with van der Waals surface area (Å²) in [6, 6.07) is 0. The second-order valence-corrected chi connectivity index (χ2v) is 2.77. The molecule has 1 aromatic rings. The number of rotatable bonds is 2. The van der Waals surface area contributed by atoms with Crippen LogP contribution in [0, 0.1) is 0 Å². The zero-order chi connectivity index (χ0) is 8.32. The molecule has 1 heterocycles. The Morgan fingerprint density at radius 1 is 1.45 bits per heavy atom. The first-order valence-corrected chi connectivity index (χ1v) is 3.20.